The minimum Gasteiger partial charge on any atom is -0.497 e. The number of nitriles is 1. The minimum absolute atomic E-state index is 0.155. The largest absolute Gasteiger partial charge is 0.497 e. The van der Waals surface area contributed by atoms with Gasteiger partial charge in [-0.15, -0.1) is 11.3 Å². The second-order valence-electron chi connectivity index (χ2n) is 8.46. The molecular weight excluding hydrogens is 492 g/mol. The number of nitrogens with one attached hydrogen (secondary N) is 2. The maximum absolute atomic E-state index is 11.9. The van der Waals surface area contributed by atoms with Gasteiger partial charge in [0.1, 0.15) is 29.2 Å². The molecule has 198 valence electrons. The molecule has 3 rings (SSSR count). The molecule has 9 nitrogen and oxygen atoms in total. The van der Waals surface area contributed by atoms with E-state index in [1.165, 1.54) is 0 Å². The van der Waals surface area contributed by atoms with Gasteiger partial charge in [-0.3, -0.25) is 0 Å². The summed E-state index contributed by atoms with van der Waals surface area (Å²) < 4.78 is 15.5. The highest BCUT2D eigenvalue weighted by molar-refractivity contribution is 7.16. The van der Waals surface area contributed by atoms with Crippen LogP contribution in [0, 0.1) is 24.2 Å². The third kappa shape index (κ3) is 8.65. The molecule has 0 fully saturated rings. The van der Waals surface area contributed by atoms with Crippen LogP contribution in [0.5, 0.6) is 0 Å². The highest BCUT2D eigenvalue weighted by atomic mass is 32.1. The van der Waals surface area contributed by atoms with E-state index in [-0.39, 0.29) is 18.6 Å². The molecule has 0 bridgehead atoms. The smallest absolute Gasteiger partial charge is 0.407 e. The van der Waals surface area contributed by atoms with E-state index in [1.807, 2.05) is 20.9 Å². The van der Waals surface area contributed by atoms with Crippen molar-refractivity contribution in [2.75, 3.05) is 19.5 Å². The Bertz CT molecular complexity index is 1170. The predicted molar refractivity (Wildman–Crippen MR) is 143 cm³/mol. The molecule has 2 aromatic rings. The molecule has 10 heteroatoms. The van der Waals surface area contributed by atoms with Crippen LogP contribution in [-0.2, 0) is 33.7 Å². The molecule has 0 spiro atoms. The number of ether oxygens (including phenoxy) is 2. The number of amides is 1. The summed E-state index contributed by atoms with van der Waals surface area (Å²) in [6.07, 6.45) is 6.25. The number of nitrogens with zero attached hydrogens (tertiary/aromatic N) is 2. The maximum atomic E-state index is 11.9. The Kier molecular flexibility index (Phi) is 11.6. The Labute approximate surface area is 221 Å². The third-order valence-electron chi connectivity index (χ3n) is 5.76. The lowest BCUT2D eigenvalue weighted by Gasteiger charge is -2.22. The van der Waals surface area contributed by atoms with Crippen LogP contribution in [0.3, 0.4) is 0 Å². The van der Waals surface area contributed by atoms with Gasteiger partial charge in [-0.25, -0.2) is 4.79 Å². The van der Waals surface area contributed by atoms with Crippen LogP contribution < -0.4 is 10.6 Å². The Balaban J connectivity index is 0.000000317. The van der Waals surface area contributed by atoms with Gasteiger partial charge in [0.15, 0.2) is 5.76 Å². The molecule has 0 aliphatic heterocycles. The van der Waals surface area contributed by atoms with Crippen molar-refractivity contribution >= 4 is 28.7 Å². The first-order chi connectivity index (χ1) is 17.8. The lowest BCUT2D eigenvalue weighted by Crippen LogP contribution is -2.31. The van der Waals surface area contributed by atoms with Gasteiger partial charge >= 0.3 is 6.09 Å². The third-order valence-corrected chi connectivity index (χ3v) is 7.04. The van der Waals surface area contributed by atoms with E-state index < -0.39 is 6.09 Å². The average molecular weight is 527 g/mol. The van der Waals surface area contributed by atoms with Crippen molar-refractivity contribution in [2.45, 2.75) is 52.2 Å². The van der Waals surface area contributed by atoms with E-state index in [1.54, 1.807) is 36.7 Å². The summed E-state index contributed by atoms with van der Waals surface area (Å²) in [5.41, 5.74) is 3.46. The summed E-state index contributed by atoms with van der Waals surface area (Å²) in [5.74, 6) is 1.41. The molecule has 1 aliphatic rings. The van der Waals surface area contributed by atoms with Crippen molar-refractivity contribution in [1.82, 2.24) is 10.5 Å². The Morgan fingerprint density at radius 2 is 2.24 bits per heavy atom. The summed E-state index contributed by atoms with van der Waals surface area (Å²) in [6, 6.07) is 4.03. The van der Waals surface area contributed by atoms with E-state index in [0.29, 0.717) is 24.4 Å². The first-order valence-electron chi connectivity index (χ1n) is 11.9. The number of hydrogen-bond acceptors (Lipinski definition) is 9. The van der Waals surface area contributed by atoms with E-state index in [4.69, 9.17) is 14.0 Å². The lowest BCUT2D eigenvalue weighted by molar-refractivity contribution is -0.108. The summed E-state index contributed by atoms with van der Waals surface area (Å²) in [4.78, 5) is 23.3. The minimum atomic E-state index is -0.469. The molecule has 1 aliphatic carbocycles. The molecule has 2 atom stereocenters. The number of thiophene rings is 1. The van der Waals surface area contributed by atoms with Gasteiger partial charge < -0.3 is 29.4 Å². The van der Waals surface area contributed by atoms with Gasteiger partial charge in [0.25, 0.3) is 0 Å². The van der Waals surface area contributed by atoms with Crippen LogP contribution in [-0.4, -0.2) is 37.8 Å². The van der Waals surface area contributed by atoms with Gasteiger partial charge in [-0.1, -0.05) is 25.2 Å². The number of rotatable bonds is 10. The quantitative estimate of drug-likeness (QED) is 0.245. The number of methoxy groups -OCH3 is 1. The average Bonchev–Trinajstić information content (AvgIpc) is 3.48. The van der Waals surface area contributed by atoms with Gasteiger partial charge in [-0.2, -0.15) is 5.26 Å². The number of allylic oxidation sites excluding steroid dienone is 3. The fraction of sp³-hybridized carbons (Fsp3) is 0.407. The van der Waals surface area contributed by atoms with Gasteiger partial charge in [0.05, 0.1) is 24.9 Å². The van der Waals surface area contributed by atoms with E-state index >= 15 is 0 Å². The normalized spacial score (nSPS) is 15.1. The Hall–Kier alpha value is -3.84. The van der Waals surface area contributed by atoms with Crippen molar-refractivity contribution in [3.8, 4) is 6.07 Å². The van der Waals surface area contributed by atoms with Crippen LogP contribution in [0.4, 0.5) is 9.80 Å². The number of carbonyl (C=O) groups excluding carboxylic acids is 2. The zero-order chi connectivity index (χ0) is 27.4. The van der Waals surface area contributed by atoms with Gasteiger partial charge in [0.2, 0.25) is 0 Å². The first kappa shape index (κ1) is 29.4. The molecule has 2 aromatic heterocycles. The van der Waals surface area contributed by atoms with E-state index in [9.17, 15) is 14.9 Å². The lowest BCUT2D eigenvalue weighted by atomic mass is 9.94. The summed E-state index contributed by atoms with van der Waals surface area (Å²) in [5, 5.41) is 19.7. The summed E-state index contributed by atoms with van der Waals surface area (Å²) in [6.45, 7) is 11.4. The number of alkyl carbamates (subject to hydrolysis) is 1. The van der Waals surface area contributed by atoms with Crippen LogP contribution in [0.1, 0.15) is 47.2 Å². The number of hydrogen-bond donors (Lipinski definition) is 2. The standard InChI is InChI=1S/C16H18N4O3S.C11H16O2/c1-9-5-11(23-20-9)8-19-16(21)22-10-3-4-12-13(7-17)15(18-2)24-14(12)6-10;1-5-11(13-4)8-10(3)9(2)6-7-12/h5,10,18H,3-4,6,8H2,1-2H3,(H,19,21);5,7-9H,1,3,6H2,2,4H3/b;11-8+. The fourth-order valence-corrected chi connectivity index (χ4v) is 4.84. The number of anilines is 1. The molecule has 2 unspecified atom stereocenters. The van der Waals surface area contributed by atoms with Crippen LogP contribution in [0.25, 0.3) is 0 Å². The molecule has 1 amide bonds. The second-order valence-corrected chi connectivity index (χ2v) is 9.57. The summed E-state index contributed by atoms with van der Waals surface area (Å²) >= 11 is 1.56. The maximum Gasteiger partial charge on any atom is 0.407 e. The van der Waals surface area contributed by atoms with Crippen LogP contribution in [0.2, 0.25) is 0 Å². The van der Waals surface area contributed by atoms with Crippen molar-refractivity contribution in [1.29, 1.82) is 5.26 Å². The van der Waals surface area contributed by atoms with E-state index in [2.05, 4.69) is 35.0 Å². The van der Waals surface area contributed by atoms with E-state index in [0.717, 1.165) is 51.4 Å². The van der Waals surface area contributed by atoms with Crippen molar-refractivity contribution in [2.24, 2.45) is 5.92 Å². The zero-order valence-corrected chi connectivity index (χ0v) is 22.6. The topological polar surface area (TPSA) is 126 Å². The predicted octanol–water partition coefficient (Wildman–Crippen LogP) is 5.23. The van der Waals surface area contributed by atoms with Crippen molar-refractivity contribution in [3.05, 3.63) is 70.2 Å². The molecule has 37 heavy (non-hydrogen) atoms. The highest BCUT2D eigenvalue weighted by Gasteiger charge is 2.27. The molecule has 2 heterocycles. The molecular formula is C27H34N4O5S. The second kappa shape index (κ2) is 14.7. The molecule has 0 saturated carbocycles. The molecule has 0 saturated heterocycles. The van der Waals surface area contributed by atoms with Crippen molar-refractivity contribution < 1.29 is 23.6 Å². The number of aryl methyl sites for hydroxylation is 1. The van der Waals surface area contributed by atoms with Crippen molar-refractivity contribution in [3.63, 3.8) is 0 Å². The number of aromatic nitrogens is 1. The summed E-state index contributed by atoms with van der Waals surface area (Å²) in [7, 11) is 3.38. The number of fused-ring (bicyclic) bond motifs is 1. The molecule has 0 radical (unpaired) electrons. The highest BCUT2D eigenvalue weighted by Crippen LogP contribution is 2.38. The fourth-order valence-electron chi connectivity index (χ4n) is 3.62. The van der Waals surface area contributed by atoms with Crippen LogP contribution in [0.15, 0.2) is 47.2 Å². The monoisotopic (exact) mass is 526 g/mol. The Morgan fingerprint density at radius 3 is 2.81 bits per heavy atom. The molecule has 2 N–H and O–H groups in total. The molecule has 0 aromatic carbocycles. The zero-order valence-electron chi connectivity index (χ0n) is 21.8. The number of aldehydes is 1. The number of carbonyl (C=O) groups is 2. The Morgan fingerprint density at radius 1 is 1.49 bits per heavy atom. The van der Waals surface area contributed by atoms with Crippen LogP contribution >= 0.6 is 11.3 Å². The van der Waals surface area contributed by atoms with Gasteiger partial charge in [0, 0.05) is 30.8 Å². The van der Waals surface area contributed by atoms with Gasteiger partial charge in [-0.05, 0) is 49.0 Å². The first-order valence-corrected chi connectivity index (χ1v) is 12.7. The SMILES string of the molecule is C=C/C(=C\C(=C)C(C)CC=O)OC.CNc1sc2c(c1C#N)CCC(OC(=O)NCc1cc(C)no1)C2.